The van der Waals surface area contributed by atoms with Crippen LogP contribution in [0, 0.1) is 5.92 Å². The second-order valence-corrected chi connectivity index (χ2v) is 4.99. The molecular formula is C14H21NO2. The van der Waals surface area contributed by atoms with Crippen LogP contribution in [0.1, 0.15) is 58.3 Å². The van der Waals surface area contributed by atoms with Crippen LogP contribution in [0.5, 0.6) is 0 Å². The Balaban J connectivity index is 2.08. The first-order chi connectivity index (χ1) is 8.27. The van der Waals surface area contributed by atoms with Gasteiger partial charge in [0.25, 0.3) is 0 Å². The van der Waals surface area contributed by atoms with E-state index in [0.717, 1.165) is 12.1 Å². The lowest BCUT2D eigenvalue weighted by Gasteiger charge is -2.27. The smallest absolute Gasteiger partial charge is 0.319 e. The summed E-state index contributed by atoms with van der Waals surface area (Å²) in [4.78, 5) is 15.6. The topological polar surface area (TPSA) is 38.7 Å². The molecule has 2 rings (SSSR count). The molecule has 0 aromatic rings. The molecule has 0 saturated heterocycles. The molecule has 17 heavy (non-hydrogen) atoms. The van der Waals surface area contributed by atoms with E-state index in [2.05, 4.69) is 11.2 Å². The third-order valence-electron chi connectivity index (χ3n) is 3.64. The molecule has 94 valence electrons. The van der Waals surface area contributed by atoms with E-state index in [9.17, 15) is 4.79 Å². The van der Waals surface area contributed by atoms with E-state index in [1.54, 1.807) is 0 Å². The molecule has 0 amide bonds. The average molecular weight is 235 g/mol. The van der Waals surface area contributed by atoms with Crippen molar-refractivity contribution in [3.8, 4) is 0 Å². The average Bonchev–Trinajstić information content (AvgIpc) is 2.38. The van der Waals surface area contributed by atoms with Gasteiger partial charge in [0.05, 0.1) is 5.71 Å². The number of rotatable bonds is 2. The quantitative estimate of drug-likeness (QED) is 0.417. The van der Waals surface area contributed by atoms with Crippen LogP contribution in [-0.2, 0) is 9.63 Å². The molecule has 3 heteroatoms. The molecule has 1 saturated carbocycles. The number of hydrogen-bond acceptors (Lipinski definition) is 3. The van der Waals surface area contributed by atoms with E-state index in [-0.39, 0.29) is 5.97 Å². The summed E-state index contributed by atoms with van der Waals surface area (Å²) < 4.78 is 0. The molecule has 2 aliphatic rings. The molecule has 0 bridgehead atoms. The maximum absolute atomic E-state index is 10.8. The van der Waals surface area contributed by atoms with Crippen LogP contribution in [0.15, 0.2) is 16.8 Å². The number of oxime groups is 1. The van der Waals surface area contributed by atoms with Crippen LogP contribution in [0.25, 0.3) is 0 Å². The summed E-state index contributed by atoms with van der Waals surface area (Å²) in [6.45, 7) is 1.40. The van der Waals surface area contributed by atoms with Gasteiger partial charge in [-0.3, -0.25) is 0 Å². The largest absolute Gasteiger partial charge is 0.331 e. The summed E-state index contributed by atoms with van der Waals surface area (Å²) in [5, 5.41) is 4.07. The molecular weight excluding hydrogens is 214 g/mol. The van der Waals surface area contributed by atoms with Crippen LogP contribution in [-0.4, -0.2) is 11.7 Å². The highest BCUT2D eigenvalue weighted by Crippen LogP contribution is 2.33. The first kappa shape index (κ1) is 12.3. The zero-order valence-electron chi connectivity index (χ0n) is 10.6. The third kappa shape index (κ3) is 3.42. The Bertz CT molecular complexity index is 344. The van der Waals surface area contributed by atoms with Crippen LogP contribution >= 0.6 is 0 Å². The Hall–Kier alpha value is -1.12. The number of carbonyl (C=O) groups is 1. The van der Waals surface area contributed by atoms with Crippen molar-refractivity contribution >= 4 is 11.7 Å². The molecule has 1 fully saturated rings. The Morgan fingerprint density at radius 2 is 2.12 bits per heavy atom. The first-order valence-electron chi connectivity index (χ1n) is 6.70. The fourth-order valence-corrected chi connectivity index (χ4v) is 2.81. The predicted octanol–water partition coefficient (Wildman–Crippen LogP) is 3.60. The van der Waals surface area contributed by atoms with Crippen molar-refractivity contribution in [3.63, 3.8) is 0 Å². The predicted molar refractivity (Wildman–Crippen MR) is 67.7 cm³/mol. The van der Waals surface area contributed by atoms with Gasteiger partial charge in [-0.15, -0.1) is 0 Å². The molecule has 0 aromatic heterocycles. The molecule has 0 radical (unpaired) electrons. The fraction of sp³-hybridized carbons (Fsp3) is 0.714. The first-order valence-corrected chi connectivity index (χ1v) is 6.70. The Kier molecular flexibility index (Phi) is 4.35. The van der Waals surface area contributed by atoms with Crippen molar-refractivity contribution in [2.75, 3.05) is 0 Å². The molecule has 1 atom stereocenters. The van der Waals surface area contributed by atoms with Gasteiger partial charge in [0.15, 0.2) is 0 Å². The van der Waals surface area contributed by atoms with Crippen molar-refractivity contribution < 1.29 is 9.63 Å². The highest BCUT2D eigenvalue weighted by Gasteiger charge is 2.25. The van der Waals surface area contributed by atoms with E-state index in [4.69, 9.17) is 4.84 Å². The zero-order chi connectivity index (χ0) is 12.1. The Morgan fingerprint density at radius 3 is 2.82 bits per heavy atom. The van der Waals surface area contributed by atoms with Crippen molar-refractivity contribution in [3.05, 3.63) is 11.6 Å². The zero-order valence-corrected chi connectivity index (χ0v) is 10.6. The van der Waals surface area contributed by atoms with Crippen molar-refractivity contribution in [2.24, 2.45) is 11.1 Å². The maximum atomic E-state index is 10.8. The molecule has 0 aromatic carbocycles. The van der Waals surface area contributed by atoms with Crippen LogP contribution < -0.4 is 0 Å². The lowest BCUT2D eigenvalue weighted by atomic mass is 9.78. The van der Waals surface area contributed by atoms with Gasteiger partial charge in [0.1, 0.15) is 0 Å². The van der Waals surface area contributed by atoms with Crippen LogP contribution in [0.2, 0.25) is 0 Å². The van der Waals surface area contributed by atoms with E-state index < -0.39 is 0 Å². The monoisotopic (exact) mass is 235 g/mol. The number of carbonyl (C=O) groups excluding carboxylic acids is 1. The van der Waals surface area contributed by atoms with Crippen LogP contribution in [0.3, 0.4) is 0 Å². The number of nitrogens with zero attached hydrogens (tertiary/aromatic N) is 1. The molecule has 0 N–H and O–H groups in total. The summed E-state index contributed by atoms with van der Waals surface area (Å²) in [5.41, 5.74) is 2.61. The summed E-state index contributed by atoms with van der Waals surface area (Å²) in [6.07, 6.45) is 12.0. The molecule has 0 aliphatic heterocycles. The molecule has 0 heterocycles. The summed E-state index contributed by atoms with van der Waals surface area (Å²) >= 11 is 0. The van der Waals surface area contributed by atoms with Gasteiger partial charge >= 0.3 is 5.97 Å². The normalized spacial score (nSPS) is 27.7. The lowest BCUT2D eigenvalue weighted by molar-refractivity contribution is -0.141. The van der Waals surface area contributed by atoms with Gasteiger partial charge in [-0.05, 0) is 44.9 Å². The standard InChI is InChI=1S/C14H21NO2/c1-11(16)17-15-14-10-6-5-9-13(14)12-7-3-2-4-8-12/h7,13H,2-6,8-10H2,1H3/b15-14-. The summed E-state index contributed by atoms with van der Waals surface area (Å²) in [5.74, 6) is 0.128. The molecule has 1 unspecified atom stereocenters. The minimum atomic E-state index is -0.320. The SMILES string of the molecule is CC(=O)O/N=C1/CCCCC1C1=CCCCC1. The minimum Gasteiger partial charge on any atom is -0.319 e. The number of hydrogen-bond donors (Lipinski definition) is 0. The molecule has 0 spiro atoms. The van der Waals surface area contributed by atoms with Crippen molar-refractivity contribution in [1.82, 2.24) is 0 Å². The Labute approximate surface area is 103 Å². The lowest BCUT2D eigenvalue weighted by Crippen LogP contribution is -2.23. The fourth-order valence-electron chi connectivity index (χ4n) is 2.81. The van der Waals surface area contributed by atoms with E-state index in [1.807, 2.05) is 0 Å². The summed E-state index contributed by atoms with van der Waals surface area (Å²) in [7, 11) is 0. The second kappa shape index (κ2) is 5.99. The van der Waals surface area contributed by atoms with E-state index in [0.29, 0.717) is 5.92 Å². The second-order valence-electron chi connectivity index (χ2n) is 4.99. The van der Waals surface area contributed by atoms with Gasteiger partial charge in [0, 0.05) is 12.8 Å². The Morgan fingerprint density at radius 1 is 1.29 bits per heavy atom. The van der Waals surface area contributed by atoms with Gasteiger partial charge in [0.2, 0.25) is 0 Å². The van der Waals surface area contributed by atoms with Gasteiger partial charge < -0.3 is 4.84 Å². The van der Waals surface area contributed by atoms with Crippen molar-refractivity contribution in [1.29, 1.82) is 0 Å². The van der Waals surface area contributed by atoms with Gasteiger partial charge in [-0.1, -0.05) is 23.2 Å². The van der Waals surface area contributed by atoms with E-state index >= 15 is 0 Å². The highest BCUT2D eigenvalue weighted by atomic mass is 16.7. The van der Waals surface area contributed by atoms with Gasteiger partial charge in [-0.25, -0.2) is 4.79 Å². The minimum absolute atomic E-state index is 0.320. The van der Waals surface area contributed by atoms with Crippen LogP contribution in [0.4, 0.5) is 0 Å². The molecule has 3 nitrogen and oxygen atoms in total. The highest BCUT2D eigenvalue weighted by molar-refractivity contribution is 5.89. The van der Waals surface area contributed by atoms with Gasteiger partial charge in [-0.2, -0.15) is 0 Å². The van der Waals surface area contributed by atoms with E-state index in [1.165, 1.54) is 57.4 Å². The molecule has 2 aliphatic carbocycles. The summed E-state index contributed by atoms with van der Waals surface area (Å²) in [6, 6.07) is 0. The maximum Gasteiger partial charge on any atom is 0.331 e. The van der Waals surface area contributed by atoms with Crippen molar-refractivity contribution in [2.45, 2.75) is 58.3 Å². The number of allylic oxidation sites excluding steroid dienone is 2. The third-order valence-corrected chi connectivity index (χ3v) is 3.64.